The summed E-state index contributed by atoms with van der Waals surface area (Å²) in [5.41, 5.74) is 7.40. The average Bonchev–Trinajstić information content (AvgIpc) is 2.23. The molecule has 88 valence electrons. The Morgan fingerprint density at radius 2 is 2.25 bits per heavy atom. The lowest BCUT2D eigenvalue weighted by atomic mass is 9.99. The zero-order valence-electron chi connectivity index (χ0n) is 9.34. The van der Waals surface area contributed by atoms with Gasteiger partial charge in [-0.05, 0) is 40.8 Å². The van der Waals surface area contributed by atoms with Gasteiger partial charge in [-0.2, -0.15) is 0 Å². The van der Waals surface area contributed by atoms with E-state index in [4.69, 9.17) is 5.73 Å². The number of rotatable bonds is 1. The van der Waals surface area contributed by atoms with Crippen LogP contribution in [0.15, 0.2) is 16.6 Å². The molecule has 0 aromatic heterocycles. The molecular formula is C12H16BrFN2. The Labute approximate surface area is 104 Å². The van der Waals surface area contributed by atoms with Gasteiger partial charge in [0.2, 0.25) is 0 Å². The highest BCUT2D eigenvalue weighted by Crippen LogP contribution is 2.32. The molecular weight excluding hydrogens is 271 g/mol. The number of nitrogen functional groups attached to an aromatic ring is 1. The van der Waals surface area contributed by atoms with E-state index in [2.05, 4.69) is 27.8 Å². The predicted molar refractivity (Wildman–Crippen MR) is 69.1 cm³/mol. The Bertz CT molecular complexity index is 395. The van der Waals surface area contributed by atoms with E-state index in [1.165, 1.54) is 12.5 Å². The molecule has 0 saturated carbocycles. The van der Waals surface area contributed by atoms with Crippen molar-refractivity contribution < 1.29 is 4.39 Å². The molecule has 1 aromatic rings. The van der Waals surface area contributed by atoms with Gasteiger partial charge in [-0.15, -0.1) is 0 Å². The standard InChI is InChI=1S/C12H16BrFN2/c1-8-3-2-4-16(7-8)12-6-10(14)9(13)5-11(12)15/h5-6,8H,2-4,7,15H2,1H3. The molecule has 1 atom stereocenters. The van der Waals surface area contributed by atoms with E-state index in [1.807, 2.05) is 0 Å². The normalized spacial score (nSPS) is 21.2. The zero-order chi connectivity index (χ0) is 11.7. The molecule has 16 heavy (non-hydrogen) atoms. The lowest BCUT2D eigenvalue weighted by Gasteiger charge is -2.33. The highest BCUT2D eigenvalue weighted by Gasteiger charge is 2.19. The van der Waals surface area contributed by atoms with Gasteiger partial charge in [-0.3, -0.25) is 0 Å². The van der Waals surface area contributed by atoms with Crippen molar-refractivity contribution in [1.82, 2.24) is 0 Å². The summed E-state index contributed by atoms with van der Waals surface area (Å²) < 4.78 is 13.9. The minimum Gasteiger partial charge on any atom is -0.397 e. The molecule has 1 heterocycles. The first-order chi connectivity index (χ1) is 7.58. The summed E-state index contributed by atoms with van der Waals surface area (Å²) in [7, 11) is 0. The van der Waals surface area contributed by atoms with Crippen LogP contribution in [0.2, 0.25) is 0 Å². The summed E-state index contributed by atoms with van der Waals surface area (Å²) in [6.07, 6.45) is 2.40. The monoisotopic (exact) mass is 286 g/mol. The molecule has 2 N–H and O–H groups in total. The molecule has 1 aromatic carbocycles. The van der Waals surface area contributed by atoms with Crippen molar-refractivity contribution >= 4 is 27.3 Å². The van der Waals surface area contributed by atoms with Crippen molar-refractivity contribution in [2.75, 3.05) is 23.7 Å². The maximum absolute atomic E-state index is 13.5. The minimum atomic E-state index is -0.248. The number of piperidine rings is 1. The molecule has 4 heteroatoms. The van der Waals surface area contributed by atoms with Crippen molar-refractivity contribution in [3.05, 3.63) is 22.4 Å². The molecule has 0 aliphatic carbocycles. The molecule has 2 rings (SSSR count). The topological polar surface area (TPSA) is 29.3 Å². The molecule has 1 aliphatic rings. The number of anilines is 2. The first kappa shape index (κ1) is 11.7. The van der Waals surface area contributed by atoms with Gasteiger partial charge in [0.05, 0.1) is 15.8 Å². The molecule has 1 fully saturated rings. The van der Waals surface area contributed by atoms with Crippen LogP contribution in [-0.4, -0.2) is 13.1 Å². The van der Waals surface area contributed by atoms with E-state index in [9.17, 15) is 4.39 Å². The Kier molecular flexibility index (Phi) is 3.38. The average molecular weight is 287 g/mol. The molecule has 1 saturated heterocycles. The molecule has 0 spiro atoms. The van der Waals surface area contributed by atoms with Crippen LogP contribution in [0.4, 0.5) is 15.8 Å². The van der Waals surface area contributed by atoms with Gasteiger partial charge >= 0.3 is 0 Å². The largest absolute Gasteiger partial charge is 0.397 e. The summed E-state index contributed by atoms with van der Waals surface area (Å²) in [6, 6.07) is 3.17. The van der Waals surface area contributed by atoms with Crippen LogP contribution in [0.3, 0.4) is 0 Å². The van der Waals surface area contributed by atoms with Crippen molar-refractivity contribution in [2.24, 2.45) is 5.92 Å². The SMILES string of the molecule is CC1CCCN(c2cc(F)c(Br)cc2N)C1. The van der Waals surface area contributed by atoms with E-state index in [-0.39, 0.29) is 5.82 Å². The van der Waals surface area contributed by atoms with Gasteiger partial charge in [0.15, 0.2) is 0 Å². The minimum absolute atomic E-state index is 0.248. The first-order valence-corrected chi connectivity index (χ1v) is 6.36. The second-order valence-electron chi connectivity index (χ2n) is 4.52. The summed E-state index contributed by atoms with van der Waals surface area (Å²) in [5, 5.41) is 0. The van der Waals surface area contributed by atoms with Gasteiger partial charge in [0.25, 0.3) is 0 Å². The summed E-state index contributed by atoms with van der Waals surface area (Å²) in [6.45, 7) is 4.15. The van der Waals surface area contributed by atoms with Crippen molar-refractivity contribution in [3.8, 4) is 0 Å². The quantitative estimate of drug-likeness (QED) is 0.802. The van der Waals surface area contributed by atoms with Crippen molar-refractivity contribution in [3.63, 3.8) is 0 Å². The van der Waals surface area contributed by atoms with Gasteiger partial charge in [0, 0.05) is 19.2 Å². The van der Waals surface area contributed by atoms with Crippen LogP contribution in [0.25, 0.3) is 0 Å². The van der Waals surface area contributed by atoms with Crippen LogP contribution in [0, 0.1) is 11.7 Å². The van der Waals surface area contributed by atoms with Gasteiger partial charge in [-0.25, -0.2) is 4.39 Å². The van der Waals surface area contributed by atoms with Crippen molar-refractivity contribution in [2.45, 2.75) is 19.8 Å². The molecule has 0 radical (unpaired) electrons. The Morgan fingerprint density at radius 1 is 1.50 bits per heavy atom. The second-order valence-corrected chi connectivity index (χ2v) is 5.37. The predicted octanol–water partition coefficient (Wildman–Crippen LogP) is 3.41. The molecule has 0 bridgehead atoms. The maximum Gasteiger partial charge on any atom is 0.139 e. The highest BCUT2D eigenvalue weighted by atomic mass is 79.9. The number of nitrogens with zero attached hydrogens (tertiary/aromatic N) is 1. The molecule has 0 amide bonds. The highest BCUT2D eigenvalue weighted by molar-refractivity contribution is 9.10. The van der Waals surface area contributed by atoms with Crippen LogP contribution >= 0.6 is 15.9 Å². The Hall–Kier alpha value is -0.770. The number of benzene rings is 1. The number of hydrogen-bond donors (Lipinski definition) is 1. The summed E-state index contributed by atoms with van der Waals surface area (Å²) in [4.78, 5) is 2.18. The van der Waals surface area contributed by atoms with E-state index < -0.39 is 0 Å². The second kappa shape index (κ2) is 4.62. The fourth-order valence-electron chi connectivity index (χ4n) is 2.23. The lowest BCUT2D eigenvalue weighted by Crippen LogP contribution is -2.34. The summed E-state index contributed by atoms with van der Waals surface area (Å²) in [5.74, 6) is 0.405. The third kappa shape index (κ3) is 2.32. The Balaban J connectivity index is 2.29. The zero-order valence-corrected chi connectivity index (χ0v) is 10.9. The van der Waals surface area contributed by atoms with Crippen LogP contribution in [0.1, 0.15) is 19.8 Å². The smallest absolute Gasteiger partial charge is 0.139 e. The van der Waals surface area contributed by atoms with E-state index >= 15 is 0 Å². The number of nitrogens with two attached hydrogens (primary N) is 1. The third-order valence-electron chi connectivity index (χ3n) is 3.07. The summed E-state index contributed by atoms with van der Waals surface area (Å²) >= 11 is 3.14. The fraction of sp³-hybridized carbons (Fsp3) is 0.500. The van der Waals surface area contributed by atoms with Crippen LogP contribution < -0.4 is 10.6 Å². The van der Waals surface area contributed by atoms with E-state index in [1.54, 1.807) is 6.07 Å². The maximum atomic E-state index is 13.5. The van der Waals surface area contributed by atoms with Gasteiger partial charge in [-0.1, -0.05) is 6.92 Å². The molecule has 2 nitrogen and oxygen atoms in total. The van der Waals surface area contributed by atoms with E-state index in [0.29, 0.717) is 16.1 Å². The van der Waals surface area contributed by atoms with Crippen molar-refractivity contribution in [1.29, 1.82) is 0 Å². The fourth-order valence-corrected chi connectivity index (χ4v) is 2.59. The van der Waals surface area contributed by atoms with Crippen LogP contribution in [0.5, 0.6) is 0 Å². The molecule has 1 aliphatic heterocycles. The van der Waals surface area contributed by atoms with Gasteiger partial charge in [0.1, 0.15) is 5.82 Å². The van der Waals surface area contributed by atoms with Crippen LogP contribution in [-0.2, 0) is 0 Å². The lowest BCUT2D eigenvalue weighted by molar-refractivity contribution is 0.446. The first-order valence-electron chi connectivity index (χ1n) is 5.57. The van der Waals surface area contributed by atoms with Gasteiger partial charge < -0.3 is 10.6 Å². The Morgan fingerprint density at radius 3 is 2.94 bits per heavy atom. The molecule has 1 unspecified atom stereocenters. The number of hydrogen-bond acceptors (Lipinski definition) is 2. The third-order valence-corrected chi connectivity index (χ3v) is 3.67. The van der Waals surface area contributed by atoms with E-state index in [0.717, 1.165) is 25.2 Å². The number of halogens is 2.